The molecule has 1 radical (unpaired) electrons. The lowest BCUT2D eigenvalue weighted by atomic mass is 10.1. The third-order valence-electron chi connectivity index (χ3n) is 4.08. The third-order valence-corrected chi connectivity index (χ3v) is 4.08. The van der Waals surface area contributed by atoms with Gasteiger partial charge in [0.2, 0.25) is 12.2 Å². The molecule has 2 N–H and O–H groups in total. The zero-order chi connectivity index (χ0) is 22.1. The van der Waals surface area contributed by atoms with E-state index in [1.165, 1.54) is 0 Å². The molecule has 0 spiro atoms. The number of hydrogen-bond acceptors (Lipinski definition) is 7. The molecule has 0 fully saturated rings. The molecule has 0 aliphatic carbocycles. The normalized spacial score (nSPS) is 10.8. The Morgan fingerprint density at radius 3 is 1.67 bits per heavy atom. The SMILES string of the molecule is O=[C]CCOCCOCCOCCOCCNC(=O)CCCCCCCCC(=O)O. The van der Waals surface area contributed by atoms with Crippen molar-refractivity contribution in [3.8, 4) is 0 Å². The van der Waals surface area contributed by atoms with Crippen LogP contribution in [-0.2, 0) is 33.3 Å². The fraction of sp³-hybridized carbons (Fsp3) is 0.857. The predicted molar refractivity (Wildman–Crippen MR) is 111 cm³/mol. The molecule has 30 heavy (non-hydrogen) atoms. The second-order valence-corrected chi connectivity index (χ2v) is 6.71. The van der Waals surface area contributed by atoms with Crippen LogP contribution in [0, 0.1) is 0 Å². The Balaban J connectivity index is 3.16. The maximum Gasteiger partial charge on any atom is 0.303 e. The van der Waals surface area contributed by atoms with Crippen molar-refractivity contribution in [2.75, 3.05) is 59.4 Å². The Labute approximate surface area is 179 Å². The first-order valence-electron chi connectivity index (χ1n) is 10.8. The van der Waals surface area contributed by atoms with Gasteiger partial charge in [-0.25, -0.2) is 0 Å². The lowest BCUT2D eigenvalue weighted by Crippen LogP contribution is -2.27. The maximum absolute atomic E-state index is 11.7. The number of carbonyl (C=O) groups excluding carboxylic acids is 2. The molecule has 0 aromatic rings. The molecule has 9 heteroatoms. The van der Waals surface area contributed by atoms with Gasteiger partial charge in [-0.05, 0) is 12.8 Å². The molecule has 1 amide bonds. The molecule has 0 heterocycles. The molecule has 0 aliphatic heterocycles. The van der Waals surface area contributed by atoms with Gasteiger partial charge in [0.1, 0.15) is 0 Å². The maximum atomic E-state index is 11.7. The van der Waals surface area contributed by atoms with Gasteiger partial charge in [0.15, 0.2) is 0 Å². The highest BCUT2D eigenvalue weighted by Crippen LogP contribution is 2.08. The van der Waals surface area contributed by atoms with Crippen molar-refractivity contribution in [2.24, 2.45) is 0 Å². The Morgan fingerprint density at radius 2 is 1.13 bits per heavy atom. The minimum absolute atomic E-state index is 0.0335. The van der Waals surface area contributed by atoms with Crippen molar-refractivity contribution >= 4 is 18.2 Å². The van der Waals surface area contributed by atoms with Crippen LogP contribution in [0.3, 0.4) is 0 Å². The molecule has 0 rings (SSSR count). The Morgan fingerprint density at radius 1 is 0.667 bits per heavy atom. The molecule has 0 atom stereocenters. The number of ether oxygens (including phenoxy) is 4. The topological polar surface area (TPSA) is 120 Å². The van der Waals surface area contributed by atoms with E-state index in [1.807, 2.05) is 0 Å². The zero-order valence-corrected chi connectivity index (χ0v) is 18.0. The fourth-order valence-corrected chi connectivity index (χ4v) is 2.50. The largest absolute Gasteiger partial charge is 0.481 e. The summed E-state index contributed by atoms with van der Waals surface area (Å²) in [6.07, 6.45) is 8.36. The number of carbonyl (C=O) groups is 2. The van der Waals surface area contributed by atoms with Crippen molar-refractivity contribution in [3.05, 3.63) is 0 Å². The van der Waals surface area contributed by atoms with Gasteiger partial charge >= 0.3 is 5.97 Å². The monoisotopic (exact) mass is 432 g/mol. The molecule has 0 aliphatic rings. The highest BCUT2D eigenvalue weighted by molar-refractivity contribution is 5.75. The summed E-state index contributed by atoms with van der Waals surface area (Å²) in [6, 6.07) is 0. The number of carboxylic acids is 1. The lowest BCUT2D eigenvalue weighted by molar-refractivity contribution is -0.137. The first kappa shape index (κ1) is 28.5. The van der Waals surface area contributed by atoms with Crippen molar-refractivity contribution in [3.63, 3.8) is 0 Å². The van der Waals surface area contributed by atoms with Crippen LogP contribution in [-0.4, -0.2) is 82.7 Å². The van der Waals surface area contributed by atoms with Crippen molar-refractivity contribution in [1.29, 1.82) is 0 Å². The van der Waals surface area contributed by atoms with Crippen LogP contribution in [0.25, 0.3) is 0 Å². The smallest absolute Gasteiger partial charge is 0.303 e. The van der Waals surface area contributed by atoms with Crippen molar-refractivity contribution in [2.45, 2.75) is 57.8 Å². The molecular formula is C21H38NO8. The number of amides is 1. The van der Waals surface area contributed by atoms with Crippen molar-refractivity contribution < 1.29 is 38.4 Å². The van der Waals surface area contributed by atoms with Crippen LogP contribution in [0.15, 0.2) is 0 Å². The van der Waals surface area contributed by atoms with Gasteiger partial charge in [-0.2, -0.15) is 0 Å². The molecular weight excluding hydrogens is 394 g/mol. The van der Waals surface area contributed by atoms with Crippen molar-refractivity contribution in [1.82, 2.24) is 5.32 Å². The van der Waals surface area contributed by atoms with E-state index in [4.69, 9.17) is 24.1 Å². The summed E-state index contributed by atoms with van der Waals surface area (Å²) in [5.41, 5.74) is 0. The Bertz CT molecular complexity index is 420. The van der Waals surface area contributed by atoms with E-state index in [-0.39, 0.29) is 18.7 Å². The molecule has 0 aromatic carbocycles. The summed E-state index contributed by atoms with van der Waals surface area (Å²) in [6.45, 7) is 4.10. The van der Waals surface area contributed by atoms with Crippen LogP contribution in [0.1, 0.15) is 57.8 Å². The van der Waals surface area contributed by atoms with Gasteiger partial charge in [0.05, 0.1) is 52.9 Å². The molecule has 0 saturated carbocycles. The number of hydrogen-bond donors (Lipinski definition) is 2. The number of unbranched alkanes of at least 4 members (excludes halogenated alkanes) is 5. The van der Waals surface area contributed by atoms with Crippen LogP contribution in [0.2, 0.25) is 0 Å². The average molecular weight is 433 g/mol. The highest BCUT2D eigenvalue weighted by Gasteiger charge is 2.01. The zero-order valence-electron chi connectivity index (χ0n) is 18.0. The summed E-state index contributed by atoms with van der Waals surface area (Å²) >= 11 is 0. The number of aliphatic carboxylic acids is 1. The van der Waals surface area contributed by atoms with E-state index in [2.05, 4.69) is 5.32 Å². The summed E-state index contributed by atoms with van der Waals surface area (Å²) in [4.78, 5) is 32.0. The standard InChI is InChI=1S/C21H38NO8/c23-11-7-12-27-14-16-29-18-19-30-17-15-28-13-10-22-20(24)8-5-3-1-2-4-6-9-21(25)26/h1-10,12-19H2,(H,22,24)(H,25,26). The average Bonchev–Trinajstić information content (AvgIpc) is 2.72. The third kappa shape index (κ3) is 24.5. The molecule has 0 bridgehead atoms. The minimum Gasteiger partial charge on any atom is -0.481 e. The first-order chi connectivity index (χ1) is 14.7. The predicted octanol–water partition coefficient (Wildman–Crippen LogP) is 1.87. The molecule has 0 saturated heterocycles. The van der Waals surface area contributed by atoms with Gasteiger partial charge in [-0.15, -0.1) is 0 Å². The van der Waals surface area contributed by atoms with E-state index in [1.54, 1.807) is 6.29 Å². The fourth-order valence-electron chi connectivity index (χ4n) is 2.50. The highest BCUT2D eigenvalue weighted by atomic mass is 16.6. The minimum atomic E-state index is -0.738. The van der Waals surface area contributed by atoms with Crippen LogP contribution >= 0.6 is 0 Å². The van der Waals surface area contributed by atoms with E-state index in [0.717, 1.165) is 38.5 Å². The van der Waals surface area contributed by atoms with E-state index in [9.17, 15) is 14.4 Å². The van der Waals surface area contributed by atoms with Crippen LogP contribution in [0.4, 0.5) is 0 Å². The molecule has 0 aromatic heterocycles. The summed E-state index contributed by atoms with van der Waals surface area (Å²) < 4.78 is 21.2. The van der Waals surface area contributed by atoms with Gasteiger partial charge in [0, 0.05) is 25.8 Å². The quantitative estimate of drug-likeness (QED) is 0.222. The van der Waals surface area contributed by atoms with Gasteiger partial charge in [-0.3, -0.25) is 14.4 Å². The second kappa shape index (κ2) is 23.7. The number of nitrogens with one attached hydrogen (secondary N) is 1. The Hall–Kier alpha value is -1.55. The van der Waals surface area contributed by atoms with E-state index >= 15 is 0 Å². The first-order valence-corrected chi connectivity index (χ1v) is 10.8. The summed E-state index contributed by atoms with van der Waals surface area (Å²) in [5.74, 6) is -0.704. The van der Waals surface area contributed by atoms with Crippen LogP contribution in [0.5, 0.6) is 0 Å². The molecule has 9 nitrogen and oxygen atoms in total. The summed E-state index contributed by atoms with van der Waals surface area (Å²) in [7, 11) is 0. The molecule has 0 unspecified atom stereocenters. The second-order valence-electron chi connectivity index (χ2n) is 6.71. The summed E-state index contributed by atoms with van der Waals surface area (Å²) in [5, 5.41) is 11.4. The van der Waals surface area contributed by atoms with Gasteiger partial charge in [-0.1, -0.05) is 25.7 Å². The number of carboxylic acid groups (broad SMARTS) is 1. The molecule has 175 valence electrons. The van der Waals surface area contributed by atoms with Gasteiger partial charge in [0.25, 0.3) is 0 Å². The van der Waals surface area contributed by atoms with E-state index < -0.39 is 5.97 Å². The number of rotatable bonds is 24. The van der Waals surface area contributed by atoms with Gasteiger partial charge < -0.3 is 29.4 Å². The van der Waals surface area contributed by atoms with Crippen LogP contribution < -0.4 is 5.32 Å². The van der Waals surface area contributed by atoms with E-state index in [0.29, 0.717) is 65.8 Å². The lowest BCUT2D eigenvalue weighted by Gasteiger charge is -2.08. The Kier molecular flexibility index (Phi) is 22.5.